The number of benzene rings is 2. The van der Waals surface area contributed by atoms with Gasteiger partial charge in [-0.25, -0.2) is 0 Å². The van der Waals surface area contributed by atoms with Crippen LogP contribution >= 0.6 is 0 Å². The molecule has 0 saturated carbocycles. The highest BCUT2D eigenvalue weighted by molar-refractivity contribution is 5.44. The number of ether oxygens (including phenoxy) is 2. The van der Waals surface area contributed by atoms with Gasteiger partial charge in [0.2, 0.25) is 6.79 Å². The monoisotopic (exact) mass is 285 g/mol. The molecule has 0 saturated heterocycles. The highest BCUT2D eigenvalue weighted by Gasteiger charge is 2.15. The lowest BCUT2D eigenvalue weighted by Gasteiger charge is -2.21. The number of rotatable bonds is 5. The van der Waals surface area contributed by atoms with Crippen LogP contribution in [0.4, 0.5) is 0 Å². The number of hydrogen-bond donors (Lipinski definition) is 1. The van der Waals surface area contributed by atoms with Crippen LogP contribution in [0.1, 0.15) is 17.2 Å². The molecule has 2 aromatic rings. The van der Waals surface area contributed by atoms with E-state index >= 15 is 0 Å². The molecule has 3 rings (SSSR count). The van der Waals surface area contributed by atoms with Gasteiger partial charge in [-0.05, 0) is 30.3 Å². The first kappa shape index (κ1) is 13.9. The molecule has 4 heteroatoms. The fourth-order valence-electron chi connectivity index (χ4n) is 2.49. The molecule has 0 aromatic heterocycles. The minimum Gasteiger partial charge on any atom is -0.454 e. The smallest absolute Gasteiger partial charge is 0.231 e. The average Bonchev–Trinajstić information content (AvgIpc) is 2.95. The van der Waals surface area contributed by atoms with Gasteiger partial charge in [0.25, 0.3) is 0 Å². The van der Waals surface area contributed by atoms with Crippen LogP contribution in [-0.2, 0) is 6.54 Å². The summed E-state index contributed by atoms with van der Waals surface area (Å²) < 4.78 is 10.7. The molecule has 1 aliphatic rings. The summed E-state index contributed by atoms with van der Waals surface area (Å²) in [5, 5.41) is 10.2. The van der Waals surface area contributed by atoms with E-state index in [1.54, 1.807) is 0 Å². The Bertz CT molecular complexity index is 600. The summed E-state index contributed by atoms with van der Waals surface area (Å²) in [7, 11) is 2.00. The predicted octanol–water partition coefficient (Wildman–Crippen LogP) is 2.58. The lowest BCUT2D eigenvalue weighted by atomic mass is 10.1. The van der Waals surface area contributed by atoms with Gasteiger partial charge in [-0.2, -0.15) is 0 Å². The van der Waals surface area contributed by atoms with Gasteiger partial charge in [-0.3, -0.25) is 4.90 Å². The Morgan fingerprint density at radius 2 is 1.86 bits per heavy atom. The van der Waals surface area contributed by atoms with E-state index in [1.807, 2.05) is 55.6 Å². The molecule has 0 amide bonds. The topological polar surface area (TPSA) is 41.9 Å². The van der Waals surface area contributed by atoms with Gasteiger partial charge < -0.3 is 14.6 Å². The average molecular weight is 285 g/mol. The zero-order chi connectivity index (χ0) is 14.7. The van der Waals surface area contributed by atoms with Crippen LogP contribution in [-0.4, -0.2) is 30.4 Å². The van der Waals surface area contributed by atoms with Crippen molar-refractivity contribution in [2.75, 3.05) is 20.4 Å². The Kier molecular flexibility index (Phi) is 4.08. The molecule has 0 aliphatic carbocycles. The first-order valence-electron chi connectivity index (χ1n) is 7.02. The number of aliphatic hydroxyl groups excluding tert-OH is 1. The summed E-state index contributed by atoms with van der Waals surface area (Å²) in [6.45, 7) is 1.63. The van der Waals surface area contributed by atoms with Gasteiger partial charge in [0.05, 0.1) is 6.10 Å². The van der Waals surface area contributed by atoms with Gasteiger partial charge in [0, 0.05) is 13.1 Å². The Morgan fingerprint density at radius 1 is 1.10 bits per heavy atom. The van der Waals surface area contributed by atoms with Gasteiger partial charge >= 0.3 is 0 Å². The second-order valence-electron chi connectivity index (χ2n) is 5.31. The maximum atomic E-state index is 10.2. The molecule has 110 valence electrons. The van der Waals surface area contributed by atoms with Gasteiger partial charge in [-0.1, -0.05) is 36.4 Å². The summed E-state index contributed by atoms with van der Waals surface area (Å²) in [4.78, 5) is 2.09. The lowest BCUT2D eigenvalue weighted by Crippen LogP contribution is -2.24. The van der Waals surface area contributed by atoms with Crippen molar-refractivity contribution in [1.82, 2.24) is 4.90 Å². The van der Waals surface area contributed by atoms with Crippen molar-refractivity contribution in [3.05, 3.63) is 59.7 Å². The Labute approximate surface area is 124 Å². The number of aliphatic hydroxyl groups is 1. The molecule has 1 aliphatic heterocycles. The molecular weight excluding hydrogens is 266 g/mol. The molecule has 1 heterocycles. The molecule has 4 nitrogen and oxygen atoms in total. The van der Waals surface area contributed by atoms with Gasteiger partial charge in [0.1, 0.15) is 0 Å². The standard InChI is InChI=1S/C17H19NO3/c1-18(11-15(19)14-5-3-2-4-6-14)10-13-7-8-16-17(9-13)21-12-20-16/h2-9,15,19H,10-12H2,1H3/t15-/m0/s1. The van der Waals surface area contributed by atoms with E-state index in [9.17, 15) is 5.11 Å². The molecule has 21 heavy (non-hydrogen) atoms. The summed E-state index contributed by atoms with van der Waals surface area (Å²) in [5.74, 6) is 1.59. The second kappa shape index (κ2) is 6.16. The van der Waals surface area contributed by atoms with Crippen molar-refractivity contribution in [2.45, 2.75) is 12.6 Å². The van der Waals surface area contributed by atoms with Crippen molar-refractivity contribution in [2.24, 2.45) is 0 Å². The van der Waals surface area contributed by atoms with Crippen molar-refractivity contribution in [3.63, 3.8) is 0 Å². The third-order valence-corrected chi connectivity index (χ3v) is 3.56. The van der Waals surface area contributed by atoms with Crippen LogP contribution in [0.5, 0.6) is 11.5 Å². The second-order valence-corrected chi connectivity index (χ2v) is 5.31. The van der Waals surface area contributed by atoms with E-state index < -0.39 is 6.10 Å². The lowest BCUT2D eigenvalue weighted by molar-refractivity contribution is 0.124. The normalized spacial score (nSPS) is 14.4. The highest BCUT2D eigenvalue weighted by atomic mass is 16.7. The number of nitrogens with zero attached hydrogens (tertiary/aromatic N) is 1. The summed E-state index contributed by atoms with van der Waals surface area (Å²) in [6, 6.07) is 15.7. The summed E-state index contributed by atoms with van der Waals surface area (Å²) in [5.41, 5.74) is 2.08. The zero-order valence-electron chi connectivity index (χ0n) is 12.0. The SMILES string of the molecule is CN(Cc1ccc2c(c1)OCO2)C[C@H](O)c1ccccc1. The van der Waals surface area contributed by atoms with Crippen molar-refractivity contribution in [1.29, 1.82) is 0 Å². The van der Waals surface area contributed by atoms with Crippen LogP contribution in [0.25, 0.3) is 0 Å². The van der Waals surface area contributed by atoms with Crippen LogP contribution in [0.15, 0.2) is 48.5 Å². The maximum Gasteiger partial charge on any atom is 0.231 e. The van der Waals surface area contributed by atoms with Crippen LogP contribution in [0, 0.1) is 0 Å². The summed E-state index contributed by atoms with van der Waals surface area (Å²) >= 11 is 0. The Hall–Kier alpha value is -2.04. The van der Waals surface area contributed by atoms with Crippen molar-refractivity contribution in [3.8, 4) is 11.5 Å². The van der Waals surface area contributed by atoms with Gasteiger partial charge in [-0.15, -0.1) is 0 Å². The van der Waals surface area contributed by atoms with E-state index in [0.29, 0.717) is 13.3 Å². The zero-order valence-corrected chi connectivity index (χ0v) is 12.0. The third kappa shape index (κ3) is 3.35. The molecule has 0 radical (unpaired) electrons. The molecule has 1 N–H and O–H groups in total. The maximum absolute atomic E-state index is 10.2. The van der Waals surface area contributed by atoms with Crippen molar-refractivity contribution >= 4 is 0 Å². The predicted molar refractivity (Wildman–Crippen MR) is 80.3 cm³/mol. The molecule has 0 fully saturated rings. The highest BCUT2D eigenvalue weighted by Crippen LogP contribution is 2.32. The van der Waals surface area contributed by atoms with E-state index in [1.165, 1.54) is 0 Å². The first-order chi connectivity index (χ1) is 10.2. The molecule has 0 bridgehead atoms. The number of fused-ring (bicyclic) bond motifs is 1. The summed E-state index contributed by atoms with van der Waals surface area (Å²) in [6.07, 6.45) is -0.481. The van der Waals surface area contributed by atoms with Gasteiger partial charge in [0.15, 0.2) is 11.5 Å². The third-order valence-electron chi connectivity index (χ3n) is 3.56. The van der Waals surface area contributed by atoms with Crippen LogP contribution in [0.3, 0.4) is 0 Å². The number of likely N-dealkylation sites (N-methyl/N-ethyl adjacent to an activating group) is 1. The Morgan fingerprint density at radius 3 is 2.67 bits per heavy atom. The molecule has 0 spiro atoms. The quantitative estimate of drug-likeness (QED) is 0.917. The first-order valence-corrected chi connectivity index (χ1v) is 7.02. The van der Waals surface area contributed by atoms with Crippen molar-refractivity contribution < 1.29 is 14.6 Å². The molecular formula is C17H19NO3. The molecule has 0 unspecified atom stereocenters. The molecule has 2 aromatic carbocycles. The Balaban J connectivity index is 1.60. The molecule has 1 atom stereocenters. The van der Waals surface area contributed by atoms with E-state index in [4.69, 9.17) is 9.47 Å². The van der Waals surface area contributed by atoms with E-state index in [2.05, 4.69) is 4.90 Å². The largest absolute Gasteiger partial charge is 0.454 e. The van der Waals surface area contributed by atoms with Crippen LogP contribution < -0.4 is 9.47 Å². The number of hydrogen-bond acceptors (Lipinski definition) is 4. The van der Waals surface area contributed by atoms with Crippen LogP contribution in [0.2, 0.25) is 0 Å². The fourth-order valence-corrected chi connectivity index (χ4v) is 2.49. The van der Waals surface area contributed by atoms with E-state index in [-0.39, 0.29) is 0 Å². The minimum absolute atomic E-state index is 0.293. The fraction of sp³-hybridized carbons (Fsp3) is 0.294. The van der Waals surface area contributed by atoms with E-state index in [0.717, 1.165) is 29.2 Å². The minimum atomic E-state index is -0.481.